The van der Waals surface area contributed by atoms with E-state index in [-0.39, 0.29) is 11.9 Å². The highest BCUT2D eigenvalue weighted by atomic mass is 16.2. The van der Waals surface area contributed by atoms with E-state index in [9.17, 15) is 4.79 Å². The number of hydrogen-bond donors (Lipinski definition) is 2. The van der Waals surface area contributed by atoms with Crippen LogP contribution < -0.4 is 11.1 Å². The third kappa shape index (κ3) is 4.74. The number of carbonyl (C=O) groups is 1. The molecule has 0 spiro atoms. The number of rotatable bonds is 5. The van der Waals surface area contributed by atoms with E-state index in [0.29, 0.717) is 6.42 Å². The summed E-state index contributed by atoms with van der Waals surface area (Å²) in [6.45, 7) is 6.31. The molecule has 5 rings (SSSR count). The van der Waals surface area contributed by atoms with Crippen molar-refractivity contribution >= 4 is 16.7 Å². The highest BCUT2D eigenvalue weighted by molar-refractivity contribution is 5.96. The molecule has 0 heterocycles. The van der Waals surface area contributed by atoms with Crippen LogP contribution in [-0.2, 0) is 17.6 Å². The van der Waals surface area contributed by atoms with Gasteiger partial charge >= 0.3 is 0 Å². The maximum Gasteiger partial charge on any atom is 0.237 e. The molecular formula is C32H34N2O. The summed E-state index contributed by atoms with van der Waals surface area (Å²) >= 11 is 0. The zero-order chi connectivity index (χ0) is 24.5. The second kappa shape index (κ2) is 9.67. The number of hydrogen-bond acceptors (Lipinski definition) is 2. The summed E-state index contributed by atoms with van der Waals surface area (Å²) < 4.78 is 0. The van der Waals surface area contributed by atoms with E-state index >= 15 is 0 Å². The Morgan fingerprint density at radius 2 is 1.71 bits per heavy atom. The number of nitrogens with two attached hydrogens (primary N) is 1. The van der Waals surface area contributed by atoms with Gasteiger partial charge in [0, 0.05) is 0 Å². The summed E-state index contributed by atoms with van der Waals surface area (Å²) in [5, 5.41) is 5.78. The average molecular weight is 463 g/mol. The molecule has 1 aliphatic carbocycles. The predicted molar refractivity (Wildman–Crippen MR) is 146 cm³/mol. The first-order valence-corrected chi connectivity index (χ1v) is 12.6. The van der Waals surface area contributed by atoms with Crippen molar-refractivity contribution in [2.45, 2.75) is 58.5 Å². The molecule has 178 valence electrons. The van der Waals surface area contributed by atoms with Gasteiger partial charge in [0.25, 0.3) is 0 Å². The molecule has 3 N–H and O–H groups in total. The van der Waals surface area contributed by atoms with Crippen LogP contribution in [0.3, 0.4) is 0 Å². The molecule has 3 nitrogen and oxygen atoms in total. The molecule has 0 saturated carbocycles. The van der Waals surface area contributed by atoms with Crippen molar-refractivity contribution in [1.82, 2.24) is 5.32 Å². The lowest BCUT2D eigenvalue weighted by Gasteiger charge is -2.28. The Kier molecular flexibility index (Phi) is 6.44. The number of aryl methyl sites for hydroxylation is 4. The predicted octanol–water partition coefficient (Wildman–Crippen LogP) is 6.50. The quantitative estimate of drug-likeness (QED) is 0.356. The van der Waals surface area contributed by atoms with Crippen molar-refractivity contribution in [3.8, 4) is 11.1 Å². The molecule has 4 aromatic rings. The summed E-state index contributed by atoms with van der Waals surface area (Å²) in [5.74, 6) is -0.0715. The van der Waals surface area contributed by atoms with Gasteiger partial charge in [0.15, 0.2) is 0 Å². The van der Waals surface area contributed by atoms with Crippen molar-refractivity contribution in [3.63, 3.8) is 0 Å². The van der Waals surface area contributed by atoms with Crippen molar-refractivity contribution in [3.05, 3.63) is 106 Å². The van der Waals surface area contributed by atoms with Crippen LogP contribution in [0.5, 0.6) is 0 Å². The monoisotopic (exact) mass is 462 g/mol. The van der Waals surface area contributed by atoms with Crippen LogP contribution in [0.25, 0.3) is 21.9 Å². The number of fused-ring (bicyclic) bond motifs is 2. The normalized spacial score (nSPS) is 16.1. The highest BCUT2D eigenvalue weighted by Gasteiger charge is 2.25. The Bertz CT molecular complexity index is 1380. The van der Waals surface area contributed by atoms with E-state index in [4.69, 9.17) is 5.73 Å². The molecule has 0 bridgehead atoms. The first-order chi connectivity index (χ1) is 16.9. The van der Waals surface area contributed by atoms with Crippen molar-refractivity contribution in [1.29, 1.82) is 0 Å². The zero-order valence-electron chi connectivity index (χ0n) is 20.9. The Morgan fingerprint density at radius 1 is 0.971 bits per heavy atom. The van der Waals surface area contributed by atoms with Crippen molar-refractivity contribution in [2.75, 3.05) is 0 Å². The third-order valence-corrected chi connectivity index (χ3v) is 7.48. The number of amides is 1. The Morgan fingerprint density at radius 3 is 2.51 bits per heavy atom. The molecule has 2 unspecified atom stereocenters. The molecule has 0 aliphatic heterocycles. The lowest BCUT2D eigenvalue weighted by atomic mass is 9.84. The largest absolute Gasteiger partial charge is 0.348 e. The van der Waals surface area contributed by atoms with E-state index in [1.807, 2.05) is 0 Å². The van der Waals surface area contributed by atoms with E-state index in [2.05, 4.69) is 98.9 Å². The Balaban J connectivity index is 1.40. The zero-order valence-corrected chi connectivity index (χ0v) is 20.9. The maximum atomic E-state index is 13.2. The van der Waals surface area contributed by atoms with Crippen LogP contribution in [-0.4, -0.2) is 11.9 Å². The molecule has 0 saturated heterocycles. The fourth-order valence-electron chi connectivity index (χ4n) is 5.72. The fraction of sp³-hybridized carbons (Fsp3) is 0.281. The molecule has 1 amide bonds. The maximum absolute atomic E-state index is 13.2. The lowest BCUT2D eigenvalue weighted by Crippen LogP contribution is -2.44. The second-order valence-corrected chi connectivity index (χ2v) is 10.1. The van der Waals surface area contributed by atoms with E-state index in [0.717, 1.165) is 19.3 Å². The van der Waals surface area contributed by atoms with Gasteiger partial charge in [0.1, 0.15) is 0 Å². The van der Waals surface area contributed by atoms with Crippen LogP contribution in [0.4, 0.5) is 0 Å². The van der Waals surface area contributed by atoms with E-state index in [1.165, 1.54) is 55.3 Å². The van der Waals surface area contributed by atoms with Gasteiger partial charge in [-0.3, -0.25) is 4.79 Å². The van der Waals surface area contributed by atoms with Crippen molar-refractivity contribution < 1.29 is 4.79 Å². The summed E-state index contributed by atoms with van der Waals surface area (Å²) in [5.41, 5.74) is 16.2. The summed E-state index contributed by atoms with van der Waals surface area (Å²) in [6, 6.07) is 25.4. The standard InChI is InChI=1S/C32H34N2O/c1-20-16-21(2)28(22(3)17-20)19-30(33)32(35)34-31-13-7-10-24-14-15-25(18-29(24)31)27-12-6-9-23-8-4-5-11-26(23)27/h4-6,8-9,11-12,14-18,30-31H,7,10,13,19,33H2,1-3H3,(H,34,35). The molecule has 4 aromatic carbocycles. The molecule has 3 heteroatoms. The SMILES string of the molecule is Cc1cc(C)c(CC(N)C(=O)NC2CCCc3ccc(-c4cccc5ccccc45)cc32)c(C)c1. The van der Waals surface area contributed by atoms with Crippen LogP contribution in [0.15, 0.2) is 72.8 Å². The third-order valence-electron chi connectivity index (χ3n) is 7.48. The Labute approximate surface area is 208 Å². The lowest BCUT2D eigenvalue weighted by molar-refractivity contribution is -0.123. The minimum absolute atomic E-state index is 0.00700. The molecule has 0 aromatic heterocycles. The average Bonchev–Trinajstić information content (AvgIpc) is 2.85. The van der Waals surface area contributed by atoms with Crippen molar-refractivity contribution in [2.24, 2.45) is 5.73 Å². The molecule has 0 radical (unpaired) electrons. The van der Waals surface area contributed by atoms with Gasteiger partial charge in [-0.15, -0.1) is 0 Å². The number of carbonyl (C=O) groups excluding carboxylic acids is 1. The smallest absolute Gasteiger partial charge is 0.237 e. The van der Waals surface area contributed by atoms with Gasteiger partial charge in [0.2, 0.25) is 5.91 Å². The van der Waals surface area contributed by atoms with Crippen LogP contribution in [0.2, 0.25) is 0 Å². The van der Waals surface area contributed by atoms with E-state index < -0.39 is 6.04 Å². The first kappa shape index (κ1) is 23.3. The fourth-order valence-corrected chi connectivity index (χ4v) is 5.72. The van der Waals surface area contributed by atoms with E-state index in [1.54, 1.807) is 0 Å². The molecule has 1 aliphatic rings. The van der Waals surface area contributed by atoms with Crippen LogP contribution in [0.1, 0.15) is 52.3 Å². The van der Waals surface area contributed by atoms with Gasteiger partial charge in [-0.2, -0.15) is 0 Å². The Hall–Kier alpha value is -3.43. The van der Waals surface area contributed by atoms with Gasteiger partial charge in [-0.1, -0.05) is 72.3 Å². The molecule has 0 fully saturated rings. The molecular weight excluding hydrogens is 428 g/mol. The number of nitrogens with one attached hydrogen (secondary N) is 1. The molecule has 2 atom stereocenters. The van der Waals surface area contributed by atoms with Gasteiger partial charge in [-0.25, -0.2) is 0 Å². The summed E-state index contributed by atoms with van der Waals surface area (Å²) in [6.07, 6.45) is 3.61. The highest BCUT2D eigenvalue weighted by Crippen LogP contribution is 2.35. The number of benzene rings is 4. The van der Waals surface area contributed by atoms with Crippen LogP contribution >= 0.6 is 0 Å². The van der Waals surface area contributed by atoms with Gasteiger partial charge < -0.3 is 11.1 Å². The van der Waals surface area contributed by atoms with Gasteiger partial charge in [0.05, 0.1) is 12.1 Å². The minimum Gasteiger partial charge on any atom is -0.348 e. The summed E-state index contributed by atoms with van der Waals surface area (Å²) in [4.78, 5) is 13.2. The molecule has 35 heavy (non-hydrogen) atoms. The van der Waals surface area contributed by atoms with Gasteiger partial charge in [-0.05, 0) is 102 Å². The first-order valence-electron chi connectivity index (χ1n) is 12.6. The topological polar surface area (TPSA) is 55.1 Å². The second-order valence-electron chi connectivity index (χ2n) is 10.1. The van der Waals surface area contributed by atoms with Crippen LogP contribution in [0, 0.1) is 20.8 Å². The summed E-state index contributed by atoms with van der Waals surface area (Å²) in [7, 11) is 0. The minimum atomic E-state index is -0.568.